The molecule has 1 aliphatic heterocycles. The summed E-state index contributed by atoms with van der Waals surface area (Å²) in [6.45, 7) is 4.30. The van der Waals surface area contributed by atoms with Gasteiger partial charge in [0.05, 0.1) is 5.56 Å². The van der Waals surface area contributed by atoms with Crippen molar-refractivity contribution in [3.8, 4) is 0 Å². The quantitative estimate of drug-likeness (QED) is 0.749. The number of hydrogen-bond donors (Lipinski definition) is 2. The van der Waals surface area contributed by atoms with Crippen molar-refractivity contribution in [2.75, 3.05) is 20.1 Å². The minimum absolute atomic E-state index is 0. The topological polar surface area (TPSA) is 95.6 Å². The Bertz CT molecular complexity index is 719. The highest BCUT2D eigenvalue weighted by Crippen LogP contribution is 2.32. The van der Waals surface area contributed by atoms with Crippen LogP contribution < -0.4 is 10.6 Å². The minimum atomic E-state index is -3.88. The molecule has 1 heterocycles. The second kappa shape index (κ2) is 7.29. The van der Waals surface area contributed by atoms with Gasteiger partial charge in [0.1, 0.15) is 4.90 Å². The number of nitrogens with one attached hydrogen (secondary N) is 2. The van der Waals surface area contributed by atoms with Gasteiger partial charge in [-0.3, -0.25) is 9.59 Å². The molecule has 0 spiro atoms. The van der Waals surface area contributed by atoms with Gasteiger partial charge in [0.2, 0.25) is 0 Å². The van der Waals surface area contributed by atoms with E-state index in [0.29, 0.717) is 13.1 Å². The van der Waals surface area contributed by atoms with Gasteiger partial charge in [-0.2, -0.15) is 0 Å². The maximum atomic E-state index is 12.4. The molecular weight excluding hydrogens is 342 g/mol. The zero-order valence-corrected chi connectivity index (χ0v) is 14.8. The van der Waals surface area contributed by atoms with Crippen LogP contribution >= 0.6 is 12.4 Å². The van der Waals surface area contributed by atoms with Crippen LogP contribution in [0.25, 0.3) is 0 Å². The van der Waals surface area contributed by atoms with Gasteiger partial charge in [0.15, 0.2) is 0 Å². The third kappa shape index (κ3) is 3.49. The first-order chi connectivity index (χ1) is 10.3. The number of carbonyl (C=O) groups excluding carboxylic acids is 2. The lowest BCUT2D eigenvalue weighted by Crippen LogP contribution is -2.36. The van der Waals surface area contributed by atoms with Crippen LogP contribution in [-0.2, 0) is 10.0 Å². The summed E-state index contributed by atoms with van der Waals surface area (Å²) in [5.41, 5.74) is 0.331. The molecule has 0 saturated carbocycles. The molecule has 23 heavy (non-hydrogen) atoms. The smallest absolute Gasteiger partial charge is 0.269 e. The third-order valence-electron chi connectivity index (χ3n) is 3.34. The lowest BCUT2D eigenvalue weighted by Gasteiger charge is -2.18. The minimum Gasteiger partial charge on any atom is -0.351 e. The Balaban J connectivity index is 0.00000264. The molecule has 0 atom stereocenters. The molecule has 7 nitrogen and oxygen atoms in total. The third-order valence-corrected chi connectivity index (χ3v) is 5.34. The van der Waals surface area contributed by atoms with Gasteiger partial charge in [-0.25, -0.2) is 12.7 Å². The van der Waals surface area contributed by atoms with Crippen LogP contribution in [0, 0.1) is 0 Å². The van der Waals surface area contributed by atoms with Gasteiger partial charge >= 0.3 is 0 Å². The van der Waals surface area contributed by atoms with Gasteiger partial charge in [0.25, 0.3) is 21.8 Å². The van der Waals surface area contributed by atoms with Crippen LogP contribution in [0.4, 0.5) is 0 Å². The lowest BCUT2D eigenvalue weighted by atomic mass is 10.1. The number of sulfonamides is 1. The molecule has 0 saturated heterocycles. The summed E-state index contributed by atoms with van der Waals surface area (Å²) in [5.74, 6) is -0.921. The summed E-state index contributed by atoms with van der Waals surface area (Å²) >= 11 is 0. The first kappa shape index (κ1) is 19.4. The van der Waals surface area contributed by atoms with Crippen molar-refractivity contribution in [2.24, 2.45) is 0 Å². The largest absolute Gasteiger partial charge is 0.351 e. The van der Waals surface area contributed by atoms with Crippen molar-refractivity contribution in [1.29, 1.82) is 0 Å². The van der Waals surface area contributed by atoms with E-state index in [-0.39, 0.29) is 34.3 Å². The number of benzene rings is 1. The Kier molecular flexibility index (Phi) is 6.15. The van der Waals surface area contributed by atoms with Crippen LogP contribution in [0.1, 0.15) is 34.6 Å². The Morgan fingerprint density at radius 3 is 2.48 bits per heavy atom. The number of nitrogens with zero attached hydrogens (tertiary/aromatic N) is 1. The molecule has 9 heteroatoms. The molecule has 0 aliphatic carbocycles. The molecule has 0 unspecified atom stereocenters. The molecule has 128 valence electrons. The van der Waals surface area contributed by atoms with Gasteiger partial charge in [-0.05, 0) is 39.1 Å². The number of hydrogen-bond acceptors (Lipinski definition) is 5. The fourth-order valence-electron chi connectivity index (χ4n) is 2.30. The first-order valence-corrected chi connectivity index (χ1v) is 8.40. The zero-order valence-electron chi connectivity index (χ0n) is 13.1. The predicted octanol–water partition coefficient (Wildman–Crippen LogP) is 0.610. The lowest BCUT2D eigenvalue weighted by molar-refractivity contribution is 0.0845. The molecule has 1 aromatic rings. The Hall–Kier alpha value is -1.64. The number of likely N-dealkylation sites (N-methyl/N-ethyl adjacent to an activating group) is 1. The number of fused-ring (bicyclic) bond motifs is 1. The maximum absolute atomic E-state index is 12.4. The average molecular weight is 362 g/mol. The summed E-state index contributed by atoms with van der Waals surface area (Å²) in [5, 5.41) is 5.56. The highest BCUT2D eigenvalue weighted by molar-refractivity contribution is 7.90. The number of amides is 2. The zero-order chi connectivity index (χ0) is 16.5. The number of carbonyl (C=O) groups is 2. The van der Waals surface area contributed by atoms with Crippen LogP contribution in [0.5, 0.6) is 0 Å². The van der Waals surface area contributed by atoms with Crippen molar-refractivity contribution in [3.05, 3.63) is 29.3 Å². The van der Waals surface area contributed by atoms with Crippen molar-refractivity contribution in [3.63, 3.8) is 0 Å². The summed E-state index contributed by atoms with van der Waals surface area (Å²) < 4.78 is 25.7. The summed E-state index contributed by atoms with van der Waals surface area (Å²) in [6.07, 6.45) is 0. The van der Waals surface area contributed by atoms with E-state index < -0.39 is 22.0 Å². The highest BCUT2D eigenvalue weighted by atomic mass is 35.5. The van der Waals surface area contributed by atoms with Crippen molar-refractivity contribution < 1.29 is 18.0 Å². The second-order valence-electron chi connectivity index (χ2n) is 5.27. The molecule has 0 radical (unpaired) electrons. The Morgan fingerprint density at radius 1 is 1.26 bits per heavy atom. The maximum Gasteiger partial charge on any atom is 0.269 e. The molecular formula is C14H20ClN3O4S. The SMILES string of the molecule is CNCCNC(=O)c1ccc2c(c1)S(=O)(=O)N(C(C)C)C2=O.Cl. The Labute approximate surface area is 141 Å². The first-order valence-electron chi connectivity index (χ1n) is 6.96. The number of halogens is 1. The van der Waals surface area contributed by atoms with Gasteiger partial charge in [-0.15, -0.1) is 12.4 Å². The molecule has 0 bridgehead atoms. The van der Waals surface area contributed by atoms with Gasteiger partial charge < -0.3 is 10.6 Å². The van der Waals surface area contributed by atoms with Gasteiger partial charge in [0, 0.05) is 24.7 Å². The summed E-state index contributed by atoms with van der Waals surface area (Å²) in [6, 6.07) is 3.65. The van der Waals surface area contributed by atoms with E-state index in [2.05, 4.69) is 10.6 Å². The van der Waals surface area contributed by atoms with E-state index in [4.69, 9.17) is 0 Å². The normalized spacial score (nSPS) is 15.3. The average Bonchev–Trinajstić information content (AvgIpc) is 2.65. The summed E-state index contributed by atoms with van der Waals surface area (Å²) in [4.78, 5) is 24.1. The molecule has 0 fully saturated rings. The van der Waals surface area contributed by atoms with Crippen molar-refractivity contribution in [2.45, 2.75) is 24.8 Å². The van der Waals surface area contributed by atoms with Gasteiger partial charge in [-0.1, -0.05) is 0 Å². The summed E-state index contributed by atoms with van der Waals surface area (Å²) in [7, 11) is -2.12. The van der Waals surface area contributed by atoms with E-state index >= 15 is 0 Å². The molecule has 1 aliphatic rings. The van der Waals surface area contributed by atoms with Crippen LogP contribution in [0.2, 0.25) is 0 Å². The molecule has 0 aromatic heterocycles. The van der Waals surface area contributed by atoms with E-state index in [0.717, 1.165) is 4.31 Å². The monoisotopic (exact) mass is 361 g/mol. The van der Waals surface area contributed by atoms with E-state index in [1.54, 1.807) is 20.9 Å². The van der Waals surface area contributed by atoms with E-state index in [1.807, 2.05) is 0 Å². The molecule has 2 rings (SSSR count). The second-order valence-corrected chi connectivity index (χ2v) is 7.05. The van der Waals surface area contributed by atoms with Crippen LogP contribution in [0.3, 0.4) is 0 Å². The van der Waals surface area contributed by atoms with Crippen LogP contribution in [-0.4, -0.2) is 50.7 Å². The van der Waals surface area contributed by atoms with Crippen molar-refractivity contribution in [1.82, 2.24) is 14.9 Å². The number of rotatable bonds is 5. The molecule has 1 aromatic carbocycles. The van der Waals surface area contributed by atoms with E-state index in [1.165, 1.54) is 18.2 Å². The van der Waals surface area contributed by atoms with Crippen LogP contribution in [0.15, 0.2) is 23.1 Å². The van der Waals surface area contributed by atoms with E-state index in [9.17, 15) is 18.0 Å². The Morgan fingerprint density at radius 2 is 1.91 bits per heavy atom. The predicted molar refractivity (Wildman–Crippen MR) is 88.4 cm³/mol. The molecule has 2 N–H and O–H groups in total. The highest BCUT2D eigenvalue weighted by Gasteiger charge is 2.42. The standard InChI is InChI=1S/C14H19N3O4S.ClH/c1-9(2)17-14(19)11-5-4-10(8-12(11)22(17,20)21)13(18)16-7-6-15-3;/h4-5,8-9,15H,6-7H2,1-3H3,(H,16,18);1H. The molecule has 2 amide bonds. The van der Waals surface area contributed by atoms with Crippen molar-refractivity contribution >= 4 is 34.2 Å². The fourth-order valence-corrected chi connectivity index (χ4v) is 4.10. The fraction of sp³-hybridized carbons (Fsp3) is 0.429.